The second-order valence-corrected chi connectivity index (χ2v) is 9.67. The standard InChI is InChI=1S/C25H25BrN4O3/c1-15-13-25(2,3)29(4)21-10-5-16(11-19(15)21)12-20-23(32)30(24(33)28-20)14-22(31)27-18-8-6-17(26)7-9-18/h5-13H,14H2,1-4H3,(H,27,31)(H,28,33)/b20-12+. The summed E-state index contributed by atoms with van der Waals surface area (Å²) < 4.78 is 0.882. The molecule has 2 aliphatic rings. The molecule has 170 valence electrons. The number of benzene rings is 2. The number of likely N-dealkylation sites (N-methyl/N-ethyl adjacent to an activating group) is 1. The molecule has 7 nitrogen and oxygen atoms in total. The second-order valence-electron chi connectivity index (χ2n) is 8.75. The number of anilines is 2. The molecular formula is C25H25BrN4O3. The lowest BCUT2D eigenvalue weighted by Gasteiger charge is -2.40. The van der Waals surface area contributed by atoms with Crippen LogP contribution < -0.4 is 15.5 Å². The Morgan fingerprint density at radius 3 is 2.55 bits per heavy atom. The molecule has 0 saturated carbocycles. The Kier molecular flexibility index (Phi) is 5.88. The van der Waals surface area contributed by atoms with Crippen molar-refractivity contribution in [2.45, 2.75) is 26.3 Å². The van der Waals surface area contributed by atoms with E-state index < -0.39 is 17.8 Å². The number of halogens is 1. The van der Waals surface area contributed by atoms with Gasteiger partial charge in [-0.15, -0.1) is 0 Å². The molecule has 0 unspecified atom stereocenters. The molecule has 4 amide bonds. The molecular weight excluding hydrogens is 484 g/mol. The minimum Gasteiger partial charge on any atom is -0.366 e. The first-order valence-electron chi connectivity index (χ1n) is 10.5. The molecule has 2 N–H and O–H groups in total. The third kappa shape index (κ3) is 4.57. The van der Waals surface area contributed by atoms with Crippen molar-refractivity contribution >= 4 is 56.8 Å². The molecule has 2 aliphatic heterocycles. The summed E-state index contributed by atoms with van der Waals surface area (Å²) in [6.07, 6.45) is 3.85. The Bertz CT molecular complexity index is 1210. The Labute approximate surface area is 201 Å². The average Bonchev–Trinajstić information content (AvgIpc) is 3.01. The van der Waals surface area contributed by atoms with Gasteiger partial charge in [0, 0.05) is 28.5 Å². The zero-order valence-electron chi connectivity index (χ0n) is 18.9. The number of carbonyl (C=O) groups is 3. The molecule has 0 aromatic heterocycles. The highest BCUT2D eigenvalue weighted by molar-refractivity contribution is 9.10. The summed E-state index contributed by atoms with van der Waals surface area (Å²) in [4.78, 5) is 40.7. The van der Waals surface area contributed by atoms with Crippen molar-refractivity contribution in [2.24, 2.45) is 0 Å². The van der Waals surface area contributed by atoms with Gasteiger partial charge in [-0.1, -0.05) is 28.1 Å². The summed E-state index contributed by atoms with van der Waals surface area (Å²) in [6, 6.07) is 12.4. The van der Waals surface area contributed by atoms with Gasteiger partial charge >= 0.3 is 6.03 Å². The highest BCUT2D eigenvalue weighted by atomic mass is 79.9. The van der Waals surface area contributed by atoms with E-state index in [9.17, 15) is 14.4 Å². The van der Waals surface area contributed by atoms with E-state index in [-0.39, 0.29) is 17.8 Å². The number of imide groups is 1. The normalized spacial score (nSPS) is 18.2. The van der Waals surface area contributed by atoms with Crippen molar-refractivity contribution in [1.29, 1.82) is 0 Å². The molecule has 2 heterocycles. The lowest BCUT2D eigenvalue weighted by atomic mass is 9.88. The fourth-order valence-corrected chi connectivity index (χ4v) is 4.29. The summed E-state index contributed by atoms with van der Waals surface area (Å²) in [5.41, 5.74) is 4.76. The molecule has 2 aromatic rings. The number of allylic oxidation sites excluding steroid dienone is 1. The van der Waals surface area contributed by atoms with Crippen LogP contribution in [0.5, 0.6) is 0 Å². The van der Waals surface area contributed by atoms with Crippen LogP contribution in [0.1, 0.15) is 31.9 Å². The molecule has 0 atom stereocenters. The van der Waals surface area contributed by atoms with E-state index in [1.165, 1.54) is 0 Å². The average molecular weight is 509 g/mol. The summed E-state index contributed by atoms with van der Waals surface area (Å²) >= 11 is 3.33. The van der Waals surface area contributed by atoms with Crippen LogP contribution in [0.25, 0.3) is 11.6 Å². The first-order chi connectivity index (χ1) is 15.5. The zero-order chi connectivity index (χ0) is 23.9. The topological polar surface area (TPSA) is 81.8 Å². The highest BCUT2D eigenvalue weighted by Gasteiger charge is 2.35. The predicted molar refractivity (Wildman–Crippen MR) is 134 cm³/mol. The van der Waals surface area contributed by atoms with Gasteiger partial charge < -0.3 is 15.5 Å². The number of urea groups is 1. The van der Waals surface area contributed by atoms with E-state index in [0.29, 0.717) is 5.69 Å². The van der Waals surface area contributed by atoms with Gasteiger partial charge in [0.2, 0.25) is 5.91 Å². The summed E-state index contributed by atoms with van der Waals surface area (Å²) in [5.74, 6) is -0.989. The number of nitrogens with zero attached hydrogens (tertiary/aromatic N) is 2. The maximum atomic E-state index is 12.8. The van der Waals surface area contributed by atoms with Crippen molar-refractivity contribution < 1.29 is 14.4 Å². The van der Waals surface area contributed by atoms with E-state index in [2.05, 4.69) is 65.4 Å². The van der Waals surface area contributed by atoms with Crippen LogP contribution in [0, 0.1) is 0 Å². The second kappa shape index (κ2) is 8.51. The van der Waals surface area contributed by atoms with Crippen molar-refractivity contribution in [1.82, 2.24) is 10.2 Å². The van der Waals surface area contributed by atoms with Gasteiger partial charge in [0.1, 0.15) is 12.2 Å². The molecule has 8 heteroatoms. The minimum atomic E-state index is -0.618. The molecule has 0 aliphatic carbocycles. The van der Waals surface area contributed by atoms with Gasteiger partial charge in [0.15, 0.2) is 0 Å². The molecule has 0 spiro atoms. The highest BCUT2D eigenvalue weighted by Crippen LogP contribution is 2.38. The van der Waals surface area contributed by atoms with Crippen LogP contribution in [0.2, 0.25) is 0 Å². The van der Waals surface area contributed by atoms with Crippen LogP contribution in [0.4, 0.5) is 16.2 Å². The number of hydrogen-bond donors (Lipinski definition) is 2. The number of carbonyl (C=O) groups excluding carboxylic acids is 3. The van der Waals surface area contributed by atoms with Crippen molar-refractivity contribution in [3.8, 4) is 0 Å². The van der Waals surface area contributed by atoms with E-state index in [4.69, 9.17) is 0 Å². The molecule has 0 radical (unpaired) electrons. The number of nitrogens with one attached hydrogen (secondary N) is 2. The summed E-state index contributed by atoms with van der Waals surface area (Å²) in [5, 5.41) is 5.27. The van der Waals surface area contributed by atoms with Gasteiger partial charge in [-0.2, -0.15) is 0 Å². The van der Waals surface area contributed by atoms with Gasteiger partial charge in [0.05, 0.1) is 5.54 Å². The van der Waals surface area contributed by atoms with Crippen LogP contribution in [-0.2, 0) is 9.59 Å². The fraction of sp³-hybridized carbons (Fsp3) is 0.240. The fourth-order valence-electron chi connectivity index (χ4n) is 4.03. The van der Waals surface area contributed by atoms with Crippen LogP contribution in [0.15, 0.2) is 58.7 Å². The predicted octanol–water partition coefficient (Wildman–Crippen LogP) is 4.61. The van der Waals surface area contributed by atoms with Gasteiger partial charge in [-0.05, 0) is 74.4 Å². The molecule has 1 fully saturated rings. The minimum absolute atomic E-state index is 0.0935. The maximum Gasteiger partial charge on any atom is 0.329 e. The largest absolute Gasteiger partial charge is 0.366 e. The number of rotatable bonds is 4. The Morgan fingerprint density at radius 1 is 1.15 bits per heavy atom. The summed E-state index contributed by atoms with van der Waals surface area (Å²) in [6.45, 7) is 6.01. The van der Waals surface area contributed by atoms with Gasteiger partial charge in [-0.25, -0.2) is 9.69 Å². The molecule has 4 rings (SSSR count). The van der Waals surface area contributed by atoms with Crippen molar-refractivity contribution in [2.75, 3.05) is 23.8 Å². The third-order valence-corrected chi connectivity index (χ3v) is 6.47. The molecule has 33 heavy (non-hydrogen) atoms. The summed E-state index contributed by atoms with van der Waals surface area (Å²) in [7, 11) is 2.05. The first kappa shape index (κ1) is 22.8. The Hall–Kier alpha value is -3.39. The zero-order valence-corrected chi connectivity index (χ0v) is 20.5. The number of fused-ring (bicyclic) bond motifs is 1. The van der Waals surface area contributed by atoms with Crippen LogP contribution in [0.3, 0.4) is 0 Å². The lowest BCUT2D eigenvalue weighted by molar-refractivity contribution is -0.127. The van der Waals surface area contributed by atoms with Crippen LogP contribution in [-0.4, -0.2) is 41.9 Å². The van der Waals surface area contributed by atoms with E-state index >= 15 is 0 Å². The third-order valence-electron chi connectivity index (χ3n) is 5.94. The lowest BCUT2D eigenvalue weighted by Crippen LogP contribution is -2.42. The van der Waals surface area contributed by atoms with Gasteiger partial charge in [0.25, 0.3) is 5.91 Å². The van der Waals surface area contributed by atoms with E-state index in [1.807, 2.05) is 18.2 Å². The van der Waals surface area contributed by atoms with Crippen LogP contribution >= 0.6 is 15.9 Å². The Balaban J connectivity index is 1.51. The number of amides is 4. The quantitative estimate of drug-likeness (QED) is 0.466. The smallest absolute Gasteiger partial charge is 0.329 e. The number of hydrogen-bond acceptors (Lipinski definition) is 4. The van der Waals surface area contributed by atoms with Crippen molar-refractivity contribution in [3.63, 3.8) is 0 Å². The van der Waals surface area contributed by atoms with Gasteiger partial charge in [-0.3, -0.25) is 9.59 Å². The monoisotopic (exact) mass is 508 g/mol. The first-order valence-corrected chi connectivity index (χ1v) is 11.3. The Morgan fingerprint density at radius 2 is 1.85 bits per heavy atom. The van der Waals surface area contributed by atoms with Crippen molar-refractivity contribution in [3.05, 3.63) is 69.8 Å². The molecule has 1 saturated heterocycles. The maximum absolute atomic E-state index is 12.8. The van der Waals surface area contributed by atoms with E-state index in [0.717, 1.165) is 31.8 Å². The molecule has 0 bridgehead atoms. The SMILES string of the molecule is CC1=CC(C)(C)N(C)c2ccc(/C=C3/NC(=O)N(CC(=O)Nc4ccc(Br)cc4)C3=O)cc21. The van der Waals surface area contributed by atoms with E-state index in [1.54, 1.807) is 30.3 Å². The molecule has 2 aromatic carbocycles.